The molecule has 2 rings (SSSR count). The molecular formula is C15H30N2O. The first kappa shape index (κ1) is 14.3. The summed E-state index contributed by atoms with van der Waals surface area (Å²) in [7, 11) is 2.26. The van der Waals surface area contributed by atoms with Crippen LogP contribution in [0.4, 0.5) is 0 Å². The lowest BCUT2D eigenvalue weighted by Crippen LogP contribution is -2.54. The van der Waals surface area contributed by atoms with Crippen molar-refractivity contribution < 1.29 is 4.74 Å². The Morgan fingerprint density at radius 2 is 2.00 bits per heavy atom. The van der Waals surface area contributed by atoms with Crippen LogP contribution in [0.2, 0.25) is 0 Å². The molecule has 0 amide bonds. The van der Waals surface area contributed by atoms with E-state index < -0.39 is 0 Å². The van der Waals surface area contributed by atoms with Crippen molar-refractivity contribution in [1.82, 2.24) is 4.90 Å². The van der Waals surface area contributed by atoms with Crippen molar-refractivity contribution in [1.29, 1.82) is 0 Å². The van der Waals surface area contributed by atoms with E-state index in [1.807, 2.05) is 0 Å². The topological polar surface area (TPSA) is 38.5 Å². The average Bonchev–Trinajstić information content (AvgIpc) is 2.90. The van der Waals surface area contributed by atoms with Gasteiger partial charge >= 0.3 is 0 Å². The number of nitrogens with two attached hydrogens (primary N) is 1. The number of rotatable bonds is 5. The van der Waals surface area contributed by atoms with Crippen molar-refractivity contribution in [2.75, 3.05) is 26.7 Å². The van der Waals surface area contributed by atoms with Crippen LogP contribution in [0.25, 0.3) is 0 Å². The lowest BCUT2D eigenvalue weighted by atomic mass is 9.76. The third-order valence-electron chi connectivity index (χ3n) is 5.21. The molecule has 2 aliphatic rings. The molecule has 1 saturated carbocycles. The molecule has 2 N–H and O–H groups in total. The van der Waals surface area contributed by atoms with Crippen molar-refractivity contribution >= 4 is 0 Å². The Morgan fingerprint density at radius 1 is 1.28 bits per heavy atom. The van der Waals surface area contributed by atoms with Crippen LogP contribution in [0.3, 0.4) is 0 Å². The second-order valence-electron chi connectivity index (χ2n) is 6.46. The normalized spacial score (nSPS) is 37.3. The molecule has 0 spiro atoms. The highest BCUT2D eigenvalue weighted by molar-refractivity contribution is 4.94. The minimum Gasteiger partial charge on any atom is -0.378 e. The summed E-state index contributed by atoms with van der Waals surface area (Å²) in [4.78, 5) is 2.53. The Morgan fingerprint density at radius 3 is 2.56 bits per heavy atom. The minimum absolute atomic E-state index is 0.269. The van der Waals surface area contributed by atoms with E-state index in [-0.39, 0.29) is 5.54 Å². The molecule has 0 bridgehead atoms. The van der Waals surface area contributed by atoms with Gasteiger partial charge in [-0.1, -0.05) is 6.92 Å². The molecule has 1 saturated heterocycles. The zero-order chi connectivity index (χ0) is 13.0. The number of hydrogen-bond acceptors (Lipinski definition) is 3. The maximum absolute atomic E-state index is 6.10. The Bertz CT molecular complexity index is 243. The highest BCUT2D eigenvalue weighted by atomic mass is 16.5. The minimum atomic E-state index is 0.269. The second-order valence-corrected chi connectivity index (χ2v) is 6.46. The van der Waals surface area contributed by atoms with Crippen LogP contribution < -0.4 is 5.73 Å². The molecule has 0 aromatic rings. The first-order chi connectivity index (χ1) is 8.66. The molecule has 1 heterocycles. The maximum atomic E-state index is 6.10. The predicted octanol–water partition coefficient (Wildman–Crippen LogP) is 2.39. The standard InChI is InChI=1S/C15H30N2O/c1-13-5-8-15(12-16,9-6-13)17(2)10-7-14-4-3-11-18-14/h13-14H,3-12,16H2,1-2H3. The molecule has 106 valence electrons. The molecule has 1 unspecified atom stereocenters. The summed E-state index contributed by atoms with van der Waals surface area (Å²) < 4.78 is 5.72. The van der Waals surface area contributed by atoms with E-state index in [4.69, 9.17) is 10.5 Å². The quantitative estimate of drug-likeness (QED) is 0.819. The monoisotopic (exact) mass is 254 g/mol. The third-order valence-corrected chi connectivity index (χ3v) is 5.21. The zero-order valence-corrected chi connectivity index (χ0v) is 12.2. The molecule has 1 atom stereocenters. The van der Waals surface area contributed by atoms with Gasteiger partial charge in [-0.2, -0.15) is 0 Å². The van der Waals surface area contributed by atoms with E-state index >= 15 is 0 Å². The molecule has 18 heavy (non-hydrogen) atoms. The van der Waals surface area contributed by atoms with Gasteiger partial charge in [0.25, 0.3) is 0 Å². The molecule has 0 aromatic heterocycles. The van der Waals surface area contributed by atoms with Crippen molar-refractivity contribution in [2.45, 2.75) is 63.5 Å². The van der Waals surface area contributed by atoms with Gasteiger partial charge in [-0.05, 0) is 57.9 Å². The average molecular weight is 254 g/mol. The van der Waals surface area contributed by atoms with E-state index in [9.17, 15) is 0 Å². The second kappa shape index (κ2) is 6.36. The van der Waals surface area contributed by atoms with Crippen LogP contribution in [0.5, 0.6) is 0 Å². The van der Waals surface area contributed by atoms with Crippen LogP contribution in [0.15, 0.2) is 0 Å². The molecule has 2 fully saturated rings. The number of nitrogens with zero attached hydrogens (tertiary/aromatic N) is 1. The van der Waals surface area contributed by atoms with E-state index in [2.05, 4.69) is 18.9 Å². The van der Waals surface area contributed by atoms with E-state index in [1.165, 1.54) is 44.9 Å². The first-order valence-corrected chi connectivity index (χ1v) is 7.69. The Hall–Kier alpha value is -0.120. The molecular weight excluding hydrogens is 224 g/mol. The summed E-state index contributed by atoms with van der Waals surface area (Å²) in [6.07, 6.45) is 9.38. The van der Waals surface area contributed by atoms with Crippen molar-refractivity contribution in [3.63, 3.8) is 0 Å². The van der Waals surface area contributed by atoms with Crippen molar-refractivity contribution in [2.24, 2.45) is 11.7 Å². The van der Waals surface area contributed by atoms with Gasteiger partial charge < -0.3 is 10.5 Å². The van der Waals surface area contributed by atoms with Gasteiger partial charge in [-0.15, -0.1) is 0 Å². The lowest BCUT2D eigenvalue weighted by Gasteiger charge is -2.46. The fourth-order valence-corrected chi connectivity index (χ4v) is 3.49. The van der Waals surface area contributed by atoms with Crippen molar-refractivity contribution in [3.8, 4) is 0 Å². The summed E-state index contributed by atoms with van der Waals surface area (Å²) in [6.45, 7) is 5.28. The summed E-state index contributed by atoms with van der Waals surface area (Å²) in [5, 5.41) is 0. The summed E-state index contributed by atoms with van der Waals surface area (Å²) >= 11 is 0. The Kier molecular flexibility index (Phi) is 5.05. The van der Waals surface area contributed by atoms with E-state index in [0.29, 0.717) is 6.10 Å². The maximum Gasteiger partial charge on any atom is 0.0588 e. The molecule has 3 heteroatoms. The molecule has 0 aromatic carbocycles. The van der Waals surface area contributed by atoms with Crippen LogP contribution >= 0.6 is 0 Å². The lowest BCUT2D eigenvalue weighted by molar-refractivity contribution is 0.0431. The van der Waals surface area contributed by atoms with E-state index in [0.717, 1.165) is 25.6 Å². The molecule has 3 nitrogen and oxygen atoms in total. The number of ether oxygens (including phenoxy) is 1. The molecule has 1 aliphatic heterocycles. The largest absolute Gasteiger partial charge is 0.378 e. The first-order valence-electron chi connectivity index (χ1n) is 7.69. The zero-order valence-electron chi connectivity index (χ0n) is 12.2. The van der Waals surface area contributed by atoms with Gasteiger partial charge in [0.2, 0.25) is 0 Å². The summed E-state index contributed by atoms with van der Waals surface area (Å²) in [5.74, 6) is 0.885. The summed E-state index contributed by atoms with van der Waals surface area (Å²) in [5.41, 5.74) is 6.36. The fraction of sp³-hybridized carbons (Fsp3) is 1.00. The number of likely N-dealkylation sites (N-methyl/N-ethyl adjacent to an activating group) is 1. The SMILES string of the molecule is CC1CCC(CN)(N(C)CCC2CCCO2)CC1. The van der Waals surface area contributed by atoms with Gasteiger partial charge in [-0.25, -0.2) is 0 Å². The summed E-state index contributed by atoms with van der Waals surface area (Å²) in [6, 6.07) is 0. The van der Waals surface area contributed by atoms with Gasteiger partial charge in [0, 0.05) is 25.2 Å². The Labute approximate surface area is 112 Å². The van der Waals surface area contributed by atoms with Crippen LogP contribution in [0.1, 0.15) is 51.9 Å². The van der Waals surface area contributed by atoms with Crippen LogP contribution in [-0.4, -0.2) is 43.3 Å². The van der Waals surface area contributed by atoms with Crippen LogP contribution in [-0.2, 0) is 4.74 Å². The van der Waals surface area contributed by atoms with Gasteiger partial charge in [0.05, 0.1) is 6.10 Å². The fourth-order valence-electron chi connectivity index (χ4n) is 3.49. The predicted molar refractivity (Wildman–Crippen MR) is 75.6 cm³/mol. The molecule has 0 radical (unpaired) electrons. The van der Waals surface area contributed by atoms with Crippen LogP contribution in [0, 0.1) is 5.92 Å². The van der Waals surface area contributed by atoms with Gasteiger partial charge in [0.1, 0.15) is 0 Å². The third kappa shape index (κ3) is 3.25. The highest BCUT2D eigenvalue weighted by Gasteiger charge is 2.36. The molecule has 1 aliphatic carbocycles. The Balaban J connectivity index is 1.82. The van der Waals surface area contributed by atoms with E-state index in [1.54, 1.807) is 0 Å². The number of hydrogen-bond donors (Lipinski definition) is 1. The smallest absolute Gasteiger partial charge is 0.0588 e. The van der Waals surface area contributed by atoms with Crippen molar-refractivity contribution in [3.05, 3.63) is 0 Å². The highest BCUT2D eigenvalue weighted by Crippen LogP contribution is 2.35. The van der Waals surface area contributed by atoms with Gasteiger partial charge in [0.15, 0.2) is 0 Å². The van der Waals surface area contributed by atoms with Gasteiger partial charge in [-0.3, -0.25) is 4.90 Å².